The normalized spacial score (nSPS) is 10.7. The molecule has 0 spiro atoms. The van der Waals surface area contributed by atoms with E-state index in [0.717, 1.165) is 6.42 Å². The minimum Gasteiger partial charge on any atom is -0.491 e. The third-order valence-corrected chi connectivity index (χ3v) is 2.28. The maximum absolute atomic E-state index is 5.98. The molecule has 0 aliphatic heterocycles. The Balaban J connectivity index is 2.49. The van der Waals surface area contributed by atoms with Crippen LogP contribution in [0.2, 0.25) is 0 Å². The Morgan fingerprint density at radius 3 is 2.22 bits per heavy atom. The Morgan fingerprint density at radius 2 is 1.67 bits per heavy atom. The Morgan fingerprint density at radius 1 is 1.06 bits per heavy atom. The van der Waals surface area contributed by atoms with Crippen molar-refractivity contribution in [2.45, 2.75) is 33.3 Å². The van der Waals surface area contributed by atoms with Crippen LogP contribution < -0.4 is 15.2 Å². The molecule has 1 aromatic carbocycles. The molecule has 0 fully saturated rings. The zero-order valence-corrected chi connectivity index (χ0v) is 11.4. The van der Waals surface area contributed by atoms with E-state index in [4.69, 9.17) is 19.9 Å². The monoisotopic (exact) mass is 253 g/mol. The van der Waals surface area contributed by atoms with Crippen molar-refractivity contribution in [2.75, 3.05) is 25.6 Å². The van der Waals surface area contributed by atoms with Crippen molar-refractivity contribution in [3.8, 4) is 11.5 Å². The molecule has 0 heterocycles. The summed E-state index contributed by atoms with van der Waals surface area (Å²) in [5.74, 6) is 1.33. The largest absolute Gasteiger partial charge is 0.491 e. The maximum Gasteiger partial charge on any atom is 0.146 e. The number of hydrogen-bond acceptors (Lipinski definition) is 4. The fourth-order valence-electron chi connectivity index (χ4n) is 1.42. The molecular formula is C14H23NO3. The first-order valence-electron chi connectivity index (χ1n) is 6.40. The highest BCUT2D eigenvalue weighted by molar-refractivity contribution is 5.62. The van der Waals surface area contributed by atoms with Crippen LogP contribution in [0.5, 0.6) is 11.5 Å². The van der Waals surface area contributed by atoms with Crippen molar-refractivity contribution in [3.63, 3.8) is 0 Å². The predicted molar refractivity (Wildman–Crippen MR) is 73.2 cm³/mol. The van der Waals surface area contributed by atoms with Crippen molar-refractivity contribution in [1.29, 1.82) is 0 Å². The number of ether oxygens (including phenoxy) is 3. The number of hydrogen-bond donors (Lipinski definition) is 1. The van der Waals surface area contributed by atoms with Gasteiger partial charge in [-0.05, 0) is 32.4 Å². The summed E-state index contributed by atoms with van der Waals surface area (Å²) in [4.78, 5) is 0. The van der Waals surface area contributed by atoms with Gasteiger partial charge in [0.2, 0.25) is 0 Å². The molecule has 0 atom stereocenters. The Kier molecular flexibility index (Phi) is 6.36. The smallest absolute Gasteiger partial charge is 0.146 e. The third kappa shape index (κ3) is 4.84. The lowest BCUT2D eigenvalue weighted by Gasteiger charge is -2.13. The average Bonchev–Trinajstić information content (AvgIpc) is 2.34. The summed E-state index contributed by atoms with van der Waals surface area (Å²) in [5.41, 5.74) is 6.53. The number of nitrogen functional groups attached to an aromatic ring is 1. The van der Waals surface area contributed by atoms with Gasteiger partial charge in [0.25, 0.3) is 0 Å². The second-order valence-corrected chi connectivity index (χ2v) is 4.28. The van der Waals surface area contributed by atoms with Gasteiger partial charge in [-0.3, -0.25) is 0 Å². The summed E-state index contributed by atoms with van der Waals surface area (Å²) in [6.07, 6.45) is 1.16. The number of anilines is 1. The number of rotatable bonds is 8. The van der Waals surface area contributed by atoms with Gasteiger partial charge in [0.05, 0.1) is 19.3 Å². The molecule has 0 aliphatic carbocycles. The molecular weight excluding hydrogens is 230 g/mol. The van der Waals surface area contributed by atoms with Gasteiger partial charge in [-0.2, -0.15) is 0 Å². The second-order valence-electron chi connectivity index (χ2n) is 4.28. The fourth-order valence-corrected chi connectivity index (χ4v) is 1.42. The van der Waals surface area contributed by atoms with Gasteiger partial charge < -0.3 is 19.9 Å². The SMILES string of the molecule is CCCOc1cccc(OCCOC(C)C)c1N. The van der Waals surface area contributed by atoms with Crippen molar-refractivity contribution in [2.24, 2.45) is 0 Å². The molecule has 0 bridgehead atoms. The van der Waals surface area contributed by atoms with Crippen molar-refractivity contribution < 1.29 is 14.2 Å². The quantitative estimate of drug-likeness (QED) is 0.571. The van der Waals surface area contributed by atoms with Crippen LogP contribution >= 0.6 is 0 Å². The van der Waals surface area contributed by atoms with Crippen LogP contribution in [0.1, 0.15) is 27.2 Å². The van der Waals surface area contributed by atoms with E-state index >= 15 is 0 Å². The van der Waals surface area contributed by atoms with Crippen molar-refractivity contribution >= 4 is 5.69 Å². The van der Waals surface area contributed by atoms with Gasteiger partial charge in [0.1, 0.15) is 23.8 Å². The number of nitrogens with two attached hydrogens (primary N) is 1. The van der Waals surface area contributed by atoms with Gasteiger partial charge in [0, 0.05) is 0 Å². The maximum atomic E-state index is 5.98. The van der Waals surface area contributed by atoms with Gasteiger partial charge in [-0.15, -0.1) is 0 Å². The summed E-state index contributed by atoms with van der Waals surface area (Å²) in [6.45, 7) is 7.74. The lowest BCUT2D eigenvalue weighted by molar-refractivity contribution is 0.0554. The van der Waals surface area contributed by atoms with Crippen LogP contribution in [0.15, 0.2) is 18.2 Å². The molecule has 4 heteroatoms. The van der Waals surface area contributed by atoms with E-state index in [1.165, 1.54) is 0 Å². The van der Waals surface area contributed by atoms with Gasteiger partial charge in [-0.25, -0.2) is 0 Å². The first kappa shape index (κ1) is 14.6. The number of para-hydroxylation sites is 1. The zero-order chi connectivity index (χ0) is 13.4. The molecule has 0 aromatic heterocycles. The Hall–Kier alpha value is -1.42. The third-order valence-electron chi connectivity index (χ3n) is 2.28. The lowest BCUT2D eigenvalue weighted by Crippen LogP contribution is -2.12. The summed E-state index contributed by atoms with van der Waals surface area (Å²) in [7, 11) is 0. The van der Waals surface area contributed by atoms with Crippen molar-refractivity contribution in [3.05, 3.63) is 18.2 Å². The summed E-state index contributed by atoms with van der Waals surface area (Å²) in [6, 6.07) is 5.56. The van der Waals surface area contributed by atoms with Gasteiger partial charge in [0.15, 0.2) is 0 Å². The van der Waals surface area contributed by atoms with Gasteiger partial charge >= 0.3 is 0 Å². The molecule has 4 nitrogen and oxygen atoms in total. The van der Waals surface area contributed by atoms with Crippen LogP contribution in [0, 0.1) is 0 Å². The summed E-state index contributed by atoms with van der Waals surface area (Å²) >= 11 is 0. The Bertz CT molecular complexity index is 353. The molecule has 0 unspecified atom stereocenters. The van der Waals surface area contributed by atoms with E-state index in [9.17, 15) is 0 Å². The van der Waals surface area contributed by atoms with E-state index < -0.39 is 0 Å². The summed E-state index contributed by atoms with van der Waals surface area (Å²) in [5, 5.41) is 0. The minimum atomic E-state index is 0.213. The van der Waals surface area contributed by atoms with Crippen LogP contribution in [0.25, 0.3) is 0 Å². The molecule has 0 radical (unpaired) electrons. The van der Waals surface area contributed by atoms with Crippen LogP contribution in [-0.2, 0) is 4.74 Å². The van der Waals surface area contributed by atoms with Crippen LogP contribution in [0.4, 0.5) is 5.69 Å². The first-order valence-corrected chi connectivity index (χ1v) is 6.40. The minimum absolute atomic E-state index is 0.213. The molecule has 1 aromatic rings. The standard InChI is InChI=1S/C14H23NO3/c1-4-8-17-12-6-5-7-13(14(12)15)18-10-9-16-11(2)3/h5-7,11H,4,8-10,15H2,1-3H3. The highest BCUT2D eigenvalue weighted by Gasteiger charge is 2.06. The molecule has 0 aliphatic rings. The van der Waals surface area contributed by atoms with E-state index in [0.29, 0.717) is 37.0 Å². The van der Waals surface area contributed by atoms with Crippen LogP contribution in [-0.4, -0.2) is 25.9 Å². The highest BCUT2D eigenvalue weighted by atomic mass is 16.5. The van der Waals surface area contributed by atoms with E-state index in [-0.39, 0.29) is 6.10 Å². The molecule has 102 valence electrons. The molecule has 1 rings (SSSR count). The van der Waals surface area contributed by atoms with Gasteiger partial charge in [-0.1, -0.05) is 13.0 Å². The molecule has 0 saturated carbocycles. The summed E-state index contributed by atoms with van der Waals surface area (Å²) < 4.78 is 16.5. The molecule has 18 heavy (non-hydrogen) atoms. The molecule has 2 N–H and O–H groups in total. The lowest BCUT2D eigenvalue weighted by atomic mass is 10.2. The zero-order valence-electron chi connectivity index (χ0n) is 11.4. The number of benzene rings is 1. The molecule has 0 amide bonds. The predicted octanol–water partition coefficient (Wildman–Crippen LogP) is 2.86. The first-order chi connectivity index (χ1) is 8.65. The average molecular weight is 253 g/mol. The molecule has 0 saturated heterocycles. The Labute approximate surface area is 109 Å². The topological polar surface area (TPSA) is 53.7 Å². The van der Waals surface area contributed by atoms with E-state index in [2.05, 4.69) is 6.92 Å². The van der Waals surface area contributed by atoms with E-state index in [1.54, 1.807) is 0 Å². The van der Waals surface area contributed by atoms with Crippen LogP contribution in [0.3, 0.4) is 0 Å². The fraction of sp³-hybridized carbons (Fsp3) is 0.571. The highest BCUT2D eigenvalue weighted by Crippen LogP contribution is 2.31. The van der Waals surface area contributed by atoms with Crippen molar-refractivity contribution in [1.82, 2.24) is 0 Å². The van der Waals surface area contributed by atoms with E-state index in [1.807, 2.05) is 32.0 Å². The second kappa shape index (κ2) is 7.82.